The van der Waals surface area contributed by atoms with Crippen LogP contribution in [0.1, 0.15) is 64.7 Å². The first-order valence-electron chi connectivity index (χ1n) is 6.82. The Hall–Kier alpha value is -0.780. The van der Waals surface area contributed by atoms with E-state index in [1.165, 1.54) is 57.8 Å². The highest BCUT2D eigenvalue weighted by Crippen LogP contribution is 2.04. The van der Waals surface area contributed by atoms with E-state index >= 15 is 0 Å². The van der Waals surface area contributed by atoms with Gasteiger partial charge >= 0.3 is 0 Å². The van der Waals surface area contributed by atoms with E-state index in [1.807, 2.05) is 6.08 Å². The zero-order valence-corrected chi connectivity index (χ0v) is 11.0. The Balaban J connectivity index is 3.12. The van der Waals surface area contributed by atoms with Crippen LogP contribution in [-0.4, -0.2) is 0 Å². The lowest BCUT2D eigenvalue weighted by Crippen LogP contribution is -1.74. The summed E-state index contributed by atoms with van der Waals surface area (Å²) in [5.74, 6) is 0. The second-order valence-electron chi connectivity index (χ2n) is 4.24. The van der Waals surface area contributed by atoms with Crippen LogP contribution in [0.25, 0.3) is 0 Å². The van der Waals surface area contributed by atoms with Crippen LogP contribution in [0.5, 0.6) is 0 Å². The van der Waals surface area contributed by atoms with Crippen LogP contribution in [0, 0.1) is 0 Å². The van der Waals surface area contributed by atoms with Gasteiger partial charge in [0.05, 0.1) is 0 Å². The Morgan fingerprint density at radius 1 is 0.688 bits per heavy atom. The highest BCUT2D eigenvalue weighted by atomic mass is 13.9. The van der Waals surface area contributed by atoms with E-state index in [0.29, 0.717) is 0 Å². The van der Waals surface area contributed by atoms with Gasteiger partial charge < -0.3 is 0 Å². The summed E-state index contributed by atoms with van der Waals surface area (Å²) in [6, 6.07) is 0. The molecule has 0 rings (SSSR count). The van der Waals surface area contributed by atoms with Crippen LogP contribution in [0.15, 0.2) is 37.0 Å². The van der Waals surface area contributed by atoms with Crippen molar-refractivity contribution in [1.82, 2.24) is 0 Å². The fourth-order valence-corrected chi connectivity index (χ4v) is 1.56. The lowest BCUT2D eigenvalue weighted by atomic mass is 10.1. The monoisotopic (exact) mass is 220 g/mol. The molecule has 0 amide bonds. The molecule has 0 aliphatic heterocycles. The molecule has 0 bridgehead atoms. The van der Waals surface area contributed by atoms with E-state index in [4.69, 9.17) is 0 Å². The molecule has 0 fully saturated rings. The average molecular weight is 220 g/mol. The Bertz CT molecular complexity index is 186. The minimum Gasteiger partial charge on any atom is -0.103 e. The van der Waals surface area contributed by atoms with Crippen molar-refractivity contribution in [3.63, 3.8) is 0 Å². The highest BCUT2D eigenvalue weighted by Gasteiger charge is 1.84. The molecule has 0 unspecified atom stereocenters. The summed E-state index contributed by atoms with van der Waals surface area (Å²) in [5, 5.41) is 0. The second kappa shape index (κ2) is 14.2. The minimum atomic E-state index is 1.17. The first-order chi connectivity index (χ1) is 7.91. The molecule has 0 heteroatoms. The largest absolute Gasteiger partial charge is 0.103 e. The SMILES string of the molecule is C=CCCCCCC=CCCC=CCCC. The Labute approximate surface area is 102 Å². The number of rotatable bonds is 11. The molecule has 92 valence electrons. The molecule has 0 radical (unpaired) electrons. The fourth-order valence-electron chi connectivity index (χ4n) is 1.56. The molecular formula is C16H28. The molecule has 0 aliphatic carbocycles. The summed E-state index contributed by atoms with van der Waals surface area (Å²) in [6.07, 6.45) is 22.6. The van der Waals surface area contributed by atoms with Gasteiger partial charge in [0.15, 0.2) is 0 Å². The van der Waals surface area contributed by atoms with Gasteiger partial charge in [-0.3, -0.25) is 0 Å². The molecule has 0 aromatic heterocycles. The smallest absolute Gasteiger partial charge is 0.0316 e. The van der Waals surface area contributed by atoms with E-state index in [9.17, 15) is 0 Å². The lowest BCUT2D eigenvalue weighted by molar-refractivity contribution is 0.695. The second-order valence-corrected chi connectivity index (χ2v) is 4.24. The van der Waals surface area contributed by atoms with Crippen LogP contribution in [-0.2, 0) is 0 Å². The van der Waals surface area contributed by atoms with Gasteiger partial charge in [-0.05, 0) is 44.9 Å². The van der Waals surface area contributed by atoms with Gasteiger partial charge in [-0.15, -0.1) is 6.58 Å². The Kier molecular flexibility index (Phi) is 13.5. The van der Waals surface area contributed by atoms with Gasteiger partial charge in [0.1, 0.15) is 0 Å². The third-order valence-electron chi connectivity index (χ3n) is 2.57. The van der Waals surface area contributed by atoms with Gasteiger partial charge in [-0.25, -0.2) is 0 Å². The Morgan fingerprint density at radius 2 is 1.25 bits per heavy atom. The predicted molar refractivity (Wildman–Crippen MR) is 75.7 cm³/mol. The maximum Gasteiger partial charge on any atom is -0.0316 e. The molecule has 0 N–H and O–H groups in total. The lowest BCUT2D eigenvalue weighted by Gasteiger charge is -1.94. The maximum atomic E-state index is 3.73. The Morgan fingerprint density at radius 3 is 1.88 bits per heavy atom. The fraction of sp³-hybridized carbons (Fsp3) is 0.625. The van der Waals surface area contributed by atoms with Crippen molar-refractivity contribution in [2.75, 3.05) is 0 Å². The molecule has 0 saturated carbocycles. The predicted octanol–water partition coefficient (Wildman–Crippen LogP) is 5.82. The van der Waals surface area contributed by atoms with Crippen LogP contribution in [0.2, 0.25) is 0 Å². The first kappa shape index (κ1) is 15.2. The zero-order chi connectivity index (χ0) is 11.9. The molecule has 0 spiro atoms. The number of unbranched alkanes of at least 4 members (excludes halogenated alkanes) is 6. The van der Waals surface area contributed by atoms with Crippen LogP contribution < -0.4 is 0 Å². The molecular weight excluding hydrogens is 192 g/mol. The maximum absolute atomic E-state index is 3.73. The topological polar surface area (TPSA) is 0 Å². The van der Waals surface area contributed by atoms with E-state index in [0.717, 1.165) is 0 Å². The van der Waals surface area contributed by atoms with Gasteiger partial charge in [0.25, 0.3) is 0 Å². The summed E-state index contributed by atoms with van der Waals surface area (Å²) < 4.78 is 0. The molecule has 0 aromatic rings. The van der Waals surface area contributed by atoms with Crippen LogP contribution in [0.4, 0.5) is 0 Å². The average Bonchev–Trinajstić information content (AvgIpc) is 2.31. The summed E-state index contributed by atoms with van der Waals surface area (Å²) in [5.41, 5.74) is 0. The number of hydrogen-bond acceptors (Lipinski definition) is 0. The summed E-state index contributed by atoms with van der Waals surface area (Å²) in [6.45, 7) is 5.95. The minimum absolute atomic E-state index is 1.17. The summed E-state index contributed by atoms with van der Waals surface area (Å²) >= 11 is 0. The third-order valence-corrected chi connectivity index (χ3v) is 2.57. The van der Waals surface area contributed by atoms with Crippen molar-refractivity contribution in [3.05, 3.63) is 37.0 Å². The molecule has 0 aliphatic rings. The van der Waals surface area contributed by atoms with E-state index < -0.39 is 0 Å². The zero-order valence-electron chi connectivity index (χ0n) is 11.0. The van der Waals surface area contributed by atoms with Crippen molar-refractivity contribution in [3.8, 4) is 0 Å². The van der Waals surface area contributed by atoms with E-state index in [-0.39, 0.29) is 0 Å². The molecule has 0 nitrogen and oxygen atoms in total. The normalized spacial score (nSPS) is 11.6. The van der Waals surface area contributed by atoms with Crippen LogP contribution in [0.3, 0.4) is 0 Å². The van der Waals surface area contributed by atoms with E-state index in [2.05, 4.69) is 37.8 Å². The standard InChI is InChI=1S/C16H28/c1-3-5-7-9-11-13-15-16-14-12-10-8-6-4-2/h3,8,10,15-16H,1,4-7,9,11-14H2,2H3. The molecule has 0 aromatic carbocycles. The summed E-state index contributed by atoms with van der Waals surface area (Å²) in [7, 11) is 0. The van der Waals surface area contributed by atoms with Crippen LogP contribution >= 0.6 is 0 Å². The molecule has 0 saturated heterocycles. The molecule has 0 heterocycles. The summed E-state index contributed by atoms with van der Waals surface area (Å²) in [4.78, 5) is 0. The van der Waals surface area contributed by atoms with Gasteiger partial charge in [-0.2, -0.15) is 0 Å². The van der Waals surface area contributed by atoms with Crippen molar-refractivity contribution >= 4 is 0 Å². The van der Waals surface area contributed by atoms with Gasteiger partial charge in [-0.1, -0.05) is 50.1 Å². The molecule has 0 atom stereocenters. The molecule has 16 heavy (non-hydrogen) atoms. The van der Waals surface area contributed by atoms with Crippen molar-refractivity contribution in [2.24, 2.45) is 0 Å². The third kappa shape index (κ3) is 13.2. The van der Waals surface area contributed by atoms with Crippen molar-refractivity contribution in [2.45, 2.75) is 64.7 Å². The highest BCUT2D eigenvalue weighted by molar-refractivity contribution is 4.87. The number of hydrogen-bond donors (Lipinski definition) is 0. The van der Waals surface area contributed by atoms with Gasteiger partial charge in [0.2, 0.25) is 0 Å². The quantitative estimate of drug-likeness (QED) is 0.304. The number of allylic oxidation sites excluding steroid dienone is 5. The van der Waals surface area contributed by atoms with Crippen molar-refractivity contribution < 1.29 is 0 Å². The van der Waals surface area contributed by atoms with Gasteiger partial charge in [0, 0.05) is 0 Å². The van der Waals surface area contributed by atoms with Crippen molar-refractivity contribution in [1.29, 1.82) is 0 Å². The van der Waals surface area contributed by atoms with E-state index in [1.54, 1.807) is 0 Å². The first-order valence-corrected chi connectivity index (χ1v) is 6.82.